The summed E-state index contributed by atoms with van der Waals surface area (Å²) in [6, 6.07) is 11.1. The molecule has 2 heteroatoms. The molecule has 3 N–H and O–H groups in total. The molecule has 0 spiro atoms. The summed E-state index contributed by atoms with van der Waals surface area (Å²) >= 11 is 0. The van der Waals surface area contributed by atoms with Gasteiger partial charge in [-0.2, -0.15) is 0 Å². The Hall–Kier alpha value is -0.860. The molecule has 118 valence electrons. The fourth-order valence-electron chi connectivity index (χ4n) is 4.01. The van der Waals surface area contributed by atoms with Crippen molar-refractivity contribution < 1.29 is 0 Å². The molecule has 1 fully saturated rings. The van der Waals surface area contributed by atoms with Gasteiger partial charge in [-0.1, -0.05) is 57.0 Å². The lowest BCUT2D eigenvalue weighted by molar-refractivity contribution is 0.156. The molecule has 0 heterocycles. The molecule has 2 nitrogen and oxygen atoms in total. The second kappa shape index (κ2) is 7.42. The summed E-state index contributed by atoms with van der Waals surface area (Å²) in [7, 11) is 0. The summed E-state index contributed by atoms with van der Waals surface area (Å²) in [5.41, 5.74) is 7.68. The van der Waals surface area contributed by atoms with Crippen LogP contribution >= 0.6 is 0 Å². The fraction of sp³-hybridized carbons (Fsp3) is 0.684. The number of nitrogens with one attached hydrogen (secondary N) is 1. The van der Waals surface area contributed by atoms with Gasteiger partial charge in [-0.05, 0) is 43.6 Å². The van der Waals surface area contributed by atoms with Gasteiger partial charge in [0, 0.05) is 18.1 Å². The van der Waals surface area contributed by atoms with E-state index in [4.69, 9.17) is 5.73 Å². The zero-order valence-corrected chi connectivity index (χ0v) is 13.9. The third kappa shape index (κ3) is 4.55. The minimum absolute atomic E-state index is 0.132. The van der Waals surface area contributed by atoms with Gasteiger partial charge in [0.05, 0.1) is 0 Å². The predicted octanol–water partition coefficient (Wildman–Crippen LogP) is 4.27. The van der Waals surface area contributed by atoms with Crippen LogP contribution in [0.25, 0.3) is 0 Å². The maximum absolute atomic E-state index is 6.20. The molecule has 2 rings (SSSR count). The maximum atomic E-state index is 6.20. The summed E-state index contributed by atoms with van der Waals surface area (Å²) in [6.45, 7) is 7.68. The summed E-state index contributed by atoms with van der Waals surface area (Å²) < 4.78 is 0. The standard InChI is InChI=1S/C19H32N2/c1-15(2)12-17-8-7-11-19(13-17,14-20)21-16(3)18-9-5-4-6-10-18/h4-6,9-10,15-17,21H,7-8,11-14,20H2,1-3H3. The fourth-order valence-corrected chi connectivity index (χ4v) is 4.01. The monoisotopic (exact) mass is 288 g/mol. The highest BCUT2D eigenvalue weighted by Gasteiger charge is 2.36. The maximum Gasteiger partial charge on any atom is 0.0312 e. The number of rotatable bonds is 6. The van der Waals surface area contributed by atoms with Gasteiger partial charge in [0.2, 0.25) is 0 Å². The van der Waals surface area contributed by atoms with Gasteiger partial charge in [-0.3, -0.25) is 0 Å². The van der Waals surface area contributed by atoms with Crippen LogP contribution in [0, 0.1) is 11.8 Å². The van der Waals surface area contributed by atoms with Gasteiger partial charge >= 0.3 is 0 Å². The molecule has 1 saturated carbocycles. The van der Waals surface area contributed by atoms with Gasteiger partial charge < -0.3 is 11.1 Å². The van der Waals surface area contributed by atoms with Crippen molar-refractivity contribution >= 4 is 0 Å². The third-order valence-corrected chi connectivity index (χ3v) is 4.96. The molecule has 1 aliphatic carbocycles. The van der Waals surface area contributed by atoms with Crippen molar-refractivity contribution in [2.24, 2.45) is 17.6 Å². The lowest BCUT2D eigenvalue weighted by Crippen LogP contribution is -2.54. The Labute approximate surface area is 130 Å². The van der Waals surface area contributed by atoms with Crippen LogP contribution in [0.5, 0.6) is 0 Å². The van der Waals surface area contributed by atoms with Crippen molar-refractivity contribution in [1.29, 1.82) is 0 Å². The van der Waals surface area contributed by atoms with E-state index in [0.29, 0.717) is 6.04 Å². The van der Waals surface area contributed by atoms with E-state index in [1.165, 1.54) is 37.7 Å². The van der Waals surface area contributed by atoms with Crippen LogP contribution in [0.15, 0.2) is 30.3 Å². The third-order valence-electron chi connectivity index (χ3n) is 4.96. The molecular weight excluding hydrogens is 256 g/mol. The summed E-state index contributed by atoms with van der Waals surface area (Å²) in [4.78, 5) is 0. The molecule has 1 aliphatic rings. The van der Waals surface area contributed by atoms with E-state index in [-0.39, 0.29) is 5.54 Å². The molecule has 3 atom stereocenters. The average Bonchev–Trinajstić information content (AvgIpc) is 2.47. The van der Waals surface area contributed by atoms with Crippen molar-refractivity contribution in [3.8, 4) is 0 Å². The highest BCUT2D eigenvalue weighted by molar-refractivity contribution is 5.19. The molecule has 3 unspecified atom stereocenters. The van der Waals surface area contributed by atoms with E-state index >= 15 is 0 Å². The molecule has 1 aromatic carbocycles. The van der Waals surface area contributed by atoms with Gasteiger partial charge in [0.1, 0.15) is 0 Å². The first-order chi connectivity index (χ1) is 10.0. The van der Waals surface area contributed by atoms with Crippen LogP contribution in [0.4, 0.5) is 0 Å². The van der Waals surface area contributed by atoms with Crippen molar-refractivity contribution in [3.05, 3.63) is 35.9 Å². The van der Waals surface area contributed by atoms with Crippen molar-refractivity contribution in [3.63, 3.8) is 0 Å². The Morgan fingerprint density at radius 1 is 1.24 bits per heavy atom. The number of benzene rings is 1. The zero-order chi connectivity index (χ0) is 15.3. The SMILES string of the molecule is CC(C)CC1CCCC(CN)(NC(C)c2ccccc2)C1. The van der Waals surface area contributed by atoms with Gasteiger partial charge in [-0.25, -0.2) is 0 Å². The largest absolute Gasteiger partial charge is 0.329 e. The van der Waals surface area contributed by atoms with E-state index < -0.39 is 0 Å². The van der Waals surface area contributed by atoms with Crippen LogP contribution < -0.4 is 11.1 Å². The van der Waals surface area contributed by atoms with Gasteiger partial charge in [0.25, 0.3) is 0 Å². The van der Waals surface area contributed by atoms with Crippen molar-refractivity contribution in [1.82, 2.24) is 5.32 Å². The molecule has 0 aromatic heterocycles. The van der Waals surface area contributed by atoms with E-state index in [1.54, 1.807) is 0 Å². The molecule has 0 radical (unpaired) electrons. The molecule has 0 aliphatic heterocycles. The van der Waals surface area contributed by atoms with Crippen LogP contribution in [0.1, 0.15) is 64.5 Å². The Morgan fingerprint density at radius 3 is 2.57 bits per heavy atom. The smallest absolute Gasteiger partial charge is 0.0312 e. The molecule has 0 amide bonds. The van der Waals surface area contributed by atoms with E-state index in [9.17, 15) is 0 Å². The van der Waals surface area contributed by atoms with Gasteiger partial charge in [-0.15, -0.1) is 0 Å². The van der Waals surface area contributed by atoms with E-state index in [0.717, 1.165) is 18.4 Å². The quantitative estimate of drug-likeness (QED) is 0.820. The number of hydrogen-bond donors (Lipinski definition) is 2. The van der Waals surface area contributed by atoms with Gasteiger partial charge in [0.15, 0.2) is 0 Å². The molecule has 0 saturated heterocycles. The van der Waals surface area contributed by atoms with Crippen LogP contribution in [-0.2, 0) is 0 Å². The first-order valence-electron chi connectivity index (χ1n) is 8.57. The Bertz CT molecular complexity index is 415. The summed E-state index contributed by atoms with van der Waals surface area (Å²) in [5, 5.41) is 3.88. The average molecular weight is 288 g/mol. The molecule has 21 heavy (non-hydrogen) atoms. The minimum Gasteiger partial charge on any atom is -0.329 e. The minimum atomic E-state index is 0.132. The van der Waals surface area contributed by atoms with Crippen molar-refractivity contribution in [2.75, 3.05) is 6.54 Å². The Morgan fingerprint density at radius 2 is 1.95 bits per heavy atom. The first-order valence-corrected chi connectivity index (χ1v) is 8.57. The topological polar surface area (TPSA) is 38.0 Å². The summed E-state index contributed by atoms with van der Waals surface area (Å²) in [5.74, 6) is 1.62. The summed E-state index contributed by atoms with van der Waals surface area (Å²) in [6.07, 6.45) is 6.47. The second-order valence-corrected chi connectivity index (χ2v) is 7.35. The zero-order valence-electron chi connectivity index (χ0n) is 13.9. The molecular formula is C19H32N2. The predicted molar refractivity (Wildman–Crippen MR) is 91.2 cm³/mol. The van der Waals surface area contributed by atoms with Crippen LogP contribution in [0.2, 0.25) is 0 Å². The Kier molecular flexibility index (Phi) is 5.83. The van der Waals surface area contributed by atoms with E-state index in [2.05, 4.69) is 56.4 Å². The normalized spacial score (nSPS) is 27.8. The number of hydrogen-bond acceptors (Lipinski definition) is 2. The van der Waals surface area contributed by atoms with Crippen molar-refractivity contribution in [2.45, 2.75) is 64.5 Å². The second-order valence-electron chi connectivity index (χ2n) is 7.35. The Balaban J connectivity index is 2.03. The number of nitrogens with two attached hydrogens (primary N) is 1. The lowest BCUT2D eigenvalue weighted by atomic mass is 9.72. The first kappa shape index (κ1) is 16.5. The molecule has 1 aromatic rings. The highest BCUT2D eigenvalue weighted by Crippen LogP contribution is 2.36. The molecule has 0 bridgehead atoms. The lowest BCUT2D eigenvalue weighted by Gasteiger charge is -2.43. The van der Waals surface area contributed by atoms with E-state index in [1.807, 2.05) is 0 Å². The highest BCUT2D eigenvalue weighted by atomic mass is 15.0. The van der Waals surface area contributed by atoms with Crippen LogP contribution in [-0.4, -0.2) is 12.1 Å². The van der Waals surface area contributed by atoms with Crippen LogP contribution in [0.3, 0.4) is 0 Å².